The van der Waals surface area contributed by atoms with Gasteiger partial charge in [-0.25, -0.2) is 9.37 Å². The summed E-state index contributed by atoms with van der Waals surface area (Å²) in [5.41, 5.74) is 4.00. The van der Waals surface area contributed by atoms with Crippen LogP contribution in [0.25, 0.3) is 16.9 Å². The van der Waals surface area contributed by atoms with Crippen LogP contribution in [0.3, 0.4) is 0 Å². The molecule has 0 aliphatic carbocycles. The van der Waals surface area contributed by atoms with Gasteiger partial charge in [0.05, 0.1) is 12.7 Å². The van der Waals surface area contributed by atoms with Crippen LogP contribution >= 0.6 is 0 Å². The third kappa shape index (κ3) is 4.19. The first kappa shape index (κ1) is 21.9. The zero-order valence-corrected chi connectivity index (χ0v) is 19.1. The number of para-hydroxylation sites is 1. The highest BCUT2D eigenvalue weighted by Crippen LogP contribution is 2.30. The number of aryl methyl sites for hydroxylation is 1. The van der Waals surface area contributed by atoms with E-state index in [0.717, 1.165) is 19.5 Å². The summed E-state index contributed by atoms with van der Waals surface area (Å²) in [5, 5.41) is 3.22. The number of hydrogen-bond donors (Lipinski definition) is 1. The van der Waals surface area contributed by atoms with Gasteiger partial charge in [-0.3, -0.25) is 14.2 Å². The fourth-order valence-corrected chi connectivity index (χ4v) is 4.50. The molecule has 1 saturated heterocycles. The van der Waals surface area contributed by atoms with Gasteiger partial charge in [-0.2, -0.15) is 0 Å². The van der Waals surface area contributed by atoms with E-state index >= 15 is 0 Å². The summed E-state index contributed by atoms with van der Waals surface area (Å²) in [6.45, 7) is 5.18. The summed E-state index contributed by atoms with van der Waals surface area (Å²) in [6.07, 6.45) is 5.99. The van der Waals surface area contributed by atoms with Crippen LogP contribution in [-0.4, -0.2) is 57.9 Å². The lowest BCUT2D eigenvalue weighted by atomic mass is 10.1. The van der Waals surface area contributed by atoms with Gasteiger partial charge in [0.15, 0.2) is 5.65 Å². The van der Waals surface area contributed by atoms with Gasteiger partial charge in [0, 0.05) is 49.8 Å². The van der Waals surface area contributed by atoms with Crippen LogP contribution in [0.1, 0.15) is 12.5 Å². The Morgan fingerprint density at radius 1 is 1.06 bits per heavy atom. The Morgan fingerprint density at radius 3 is 2.62 bits per heavy atom. The summed E-state index contributed by atoms with van der Waals surface area (Å²) >= 11 is 0. The molecular formula is C26H27FN6O. The van der Waals surface area contributed by atoms with Gasteiger partial charge >= 0.3 is 0 Å². The smallest absolute Gasteiger partial charge is 0.242 e. The Labute approximate surface area is 197 Å². The number of amides is 1. The molecular weight excluding hydrogens is 431 g/mol. The van der Waals surface area contributed by atoms with Crippen LogP contribution in [-0.2, 0) is 11.2 Å². The number of carbonyl (C=O) groups is 1. The second-order valence-corrected chi connectivity index (χ2v) is 8.30. The largest absolute Gasteiger partial charge is 0.368 e. The minimum atomic E-state index is -0.364. The minimum absolute atomic E-state index is 0.00640. The van der Waals surface area contributed by atoms with Crippen LogP contribution in [0.15, 0.2) is 67.1 Å². The first-order chi connectivity index (χ1) is 16.7. The lowest BCUT2D eigenvalue weighted by Crippen LogP contribution is -2.50. The molecule has 1 amide bonds. The number of carbonyl (C=O) groups excluding carboxylic acids is 1. The molecule has 4 aromatic rings. The number of anilines is 2. The van der Waals surface area contributed by atoms with Crippen molar-refractivity contribution in [3.63, 3.8) is 0 Å². The van der Waals surface area contributed by atoms with E-state index in [1.807, 2.05) is 4.90 Å². The highest BCUT2D eigenvalue weighted by atomic mass is 19.1. The predicted molar refractivity (Wildman–Crippen MR) is 131 cm³/mol. The predicted octanol–water partition coefficient (Wildman–Crippen LogP) is 3.86. The summed E-state index contributed by atoms with van der Waals surface area (Å²) in [6, 6.07) is 15.0. The molecule has 1 N–H and O–H groups in total. The molecule has 0 saturated carbocycles. The van der Waals surface area contributed by atoms with Crippen LogP contribution in [0.2, 0.25) is 0 Å². The second kappa shape index (κ2) is 9.51. The molecule has 5 rings (SSSR count). The summed E-state index contributed by atoms with van der Waals surface area (Å²) in [4.78, 5) is 25.9. The van der Waals surface area contributed by atoms with Crippen molar-refractivity contribution in [2.45, 2.75) is 13.3 Å². The molecule has 0 atom stereocenters. The molecule has 34 heavy (non-hydrogen) atoms. The molecule has 0 unspecified atom stereocenters. The van der Waals surface area contributed by atoms with Crippen molar-refractivity contribution < 1.29 is 9.18 Å². The number of nitrogens with one attached hydrogen (secondary N) is 1. The van der Waals surface area contributed by atoms with E-state index in [4.69, 9.17) is 0 Å². The van der Waals surface area contributed by atoms with Crippen LogP contribution < -0.4 is 10.2 Å². The van der Waals surface area contributed by atoms with E-state index in [0.29, 0.717) is 35.8 Å². The fourth-order valence-electron chi connectivity index (χ4n) is 4.50. The molecule has 2 aromatic heterocycles. The number of rotatable bonds is 6. The molecule has 174 valence electrons. The average Bonchev–Trinajstić information content (AvgIpc) is 3.26. The van der Waals surface area contributed by atoms with E-state index in [1.54, 1.807) is 41.2 Å². The van der Waals surface area contributed by atoms with E-state index in [1.165, 1.54) is 17.3 Å². The Balaban J connectivity index is 1.30. The SMILES string of the molecule is CCc1ccccc1N1CCN(C(=O)CNc2c(-c3ccccc3F)nc3cnccn23)CC1. The summed E-state index contributed by atoms with van der Waals surface area (Å²) in [5.74, 6) is 0.218. The number of benzene rings is 2. The maximum Gasteiger partial charge on any atom is 0.242 e. The third-order valence-electron chi connectivity index (χ3n) is 6.31. The van der Waals surface area contributed by atoms with Crippen LogP contribution in [0.5, 0.6) is 0 Å². The van der Waals surface area contributed by atoms with E-state index in [2.05, 4.69) is 51.4 Å². The molecule has 7 nitrogen and oxygen atoms in total. The van der Waals surface area contributed by atoms with Gasteiger partial charge < -0.3 is 15.1 Å². The molecule has 1 aliphatic heterocycles. The number of fused-ring (bicyclic) bond motifs is 1. The van der Waals surface area contributed by atoms with Crippen molar-refractivity contribution in [3.05, 3.63) is 78.5 Å². The normalized spacial score (nSPS) is 13.9. The Morgan fingerprint density at radius 2 is 1.82 bits per heavy atom. The maximum atomic E-state index is 14.5. The van der Waals surface area contributed by atoms with E-state index in [-0.39, 0.29) is 18.3 Å². The number of piperazine rings is 1. The zero-order valence-electron chi connectivity index (χ0n) is 19.1. The van der Waals surface area contributed by atoms with Gasteiger partial charge in [0.25, 0.3) is 0 Å². The third-order valence-corrected chi connectivity index (χ3v) is 6.31. The van der Waals surface area contributed by atoms with Crippen LogP contribution in [0.4, 0.5) is 15.9 Å². The Bertz CT molecular complexity index is 1310. The number of nitrogens with zero attached hydrogens (tertiary/aromatic N) is 5. The highest BCUT2D eigenvalue weighted by molar-refractivity contribution is 5.84. The number of hydrogen-bond acceptors (Lipinski definition) is 5. The quantitative estimate of drug-likeness (QED) is 0.475. The van der Waals surface area contributed by atoms with E-state index < -0.39 is 0 Å². The van der Waals surface area contributed by atoms with Gasteiger partial charge in [-0.05, 0) is 30.2 Å². The minimum Gasteiger partial charge on any atom is -0.368 e. The van der Waals surface area contributed by atoms with Crippen molar-refractivity contribution in [2.75, 3.05) is 42.9 Å². The standard InChI is InChI=1S/C26H27FN6O/c1-2-19-7-3-6-10-22(19)31-13-15-32(16-14-31)24(34)18-29-26-25(20-8-4-5-9-21(20)27)30-23-17-28-11-12-33(23)26/h3-12,17,29H,2,13-16,18H2,1H3. The summed E-state index contributed by atoms with van der Waals surface area (Å²) in [7, 11) is 0. The first-order valence-electron chi connectivity index (χ1n) is 11.6. The van der Waals surface area contributed by atoms with E-state index in [9.17, 15) is 9.18 Å². The molecule has 0 radical (unpaired) electrons. The second-order valence-electron chi connectivity index (χ2n) is 8.30. The molecule has 8 heteroatoms. The molecule has 0 spiro atoms. The van der Waals surface area contributed by atoms with Crippen LogP contribution in [0, 0.1) is 5.82 Å². The fraction of sp³-hybridized carbons (Fsp3) is 0.269. The number of aromatic nitrogens is 3. The molecule has 0 bridgehead atoms. The van der Waals surface area contributed by atoms with Gasteiger partial charge in [-0.15, -0.1) is 0 Å². The van der Waals surface area contributed by atoms with Crippen molar-refractivity contribution in [2.24, 2.45) is 0 Å². The van der Waals surface area contributed by atoms with Gasteiger partial charge in [0.1, 0.15) is 17.3 Å². The van der Waals surface area contributed by atoms with Crippen molar-refractivity contribution in [1.29, 1.82) is 0 Å². The Hall–Kier alpha value is -3.94. The zero-order chi connectivity index (χ0) is 23.5. The van der Waals surface area contributed by atoms with Gasteiger partial charge in [-0.1, -0.05) is 37.3 Å². The maximum absolute atomic E-state index is 14.5. The number of imidazole rings is 1. The average molecular weight is 459 g/mol. The van der Waals surface area contributed by atoms with Crippen molar-refractivity contribution >= 4 is 23.1 Å². The summed E-state index contributed by atoms with van der Waals surface area (Å²) < 4.78 is 16.3. The lowest BCUT2D eigenvalue weighted by molar-refractivity contribution is -0.129. The lowest BCUT2D eigenvalue weighted by Gasteiger charge is -2.37. The first-order valence-corrected chi connectivity index (χ1v) is 11.6. The molecule has 1 fully saturated rings. The van der Waals surface area contributed by atoms with Crippen molar-refractivity contribution in [3.8, 4) is 11.3 Å². The number of halogens is 1. The highest BCUT2D eigenvalue weighted by Gasteiger charge is 2.23. The molecule has 2 aromatic carbocycles. The topological polar surface area (TPSA) is 65.8 Å². The Kier molecular flexibility index (Phi) is 6.12. The molecule has 3 heterocycles. The monoisotopic (exact) mass is 458 g/mol. The van der Waals surface area contributed by atoms with Crippen molar-refractivity contribution in [1.82, 2.24) is 19.3 Å². The molecule has 1 aliphatic rings. The van der Waals surface area contributed by atoms with Gasteiger partial charge in [0.2, 0.25) is 5.91 Å².